The van der Waals surface area contributed by atoms with E-state index in [-0.39, 0.29) is 6.61 Å². The smallest absolute Gasteiger partial charge is 0.303 e. The van der Waals surface area contributed by atoms with Crippen molar-refractivity contribution in [3.05, 3.63) is 60.7 Å². The van der Waals surface area contributed by atoms with Crippen LogP contribution in [0.4, 0.5) is 0 Å². The molecular weight excluding hydrogens is 781 g/mol. The van der Waals surface area contributed by atoms with E-state index >= 15 is 0 Å². The Bertz CT molecular complexity index is 1710. The summed E-state index contributed by atoms with van der Waals surface area (Å²) in [6.45, 7) is 11.8. The molecule has 17 nitrogen and oxygen atoms in total. The zero-order valence-electron chi connectivity index (χ0n) is 33.9. The Morgan fingerprint density at radius 1 is 0.552 bits per heavy atom. The van der Waals surface area contributed by atoms with Gasteiger partial charge in [0.05, 0.1) is 6.61 Å². The Labute approximate surface area is 337 Å². The van der Waals surface area contributed by atoms with Crippen LogP contribution in [0.5, 0.6) is 0 Å². The SMILES string of the molecule is CC(=O)OC[C@H]1O[C@@H](O[C@@H]2[C@@H](OC(C)=O)[C@@H](O)O[C@H](CO[Si](c3ccccc3)(c3ccccc3)C(C)(C)C)[C@H]2OC(C)=O)[C@H](OC(C)=O)[C@@H](OC(C)=O)[C@@H]1OC(C)=O. The number of carbonyl (C=O) groups is 6. The molecule has 58 heavy (non-hydrogen) atoms. The molecule has 1 N–H and O–H groups in total. The Balaban J connectivity index is 1.85. The van der Waals surface area contributed by atoms with Gasteiger partial charge in [0.25, 0.3) is 8.32 Å². The number of aliphatic hydroxyl groups is 1. The van der Waals surface area contributed by atoms with Crippen LogP contribution >= 0.6 is 0 Å². The second kappa shape index (κ2) is 19.8. The summed E-state index contributed by atoms with van der Waals surface area (Å²) in [5, 5.41) is 12.8. The summed E-state index contributed by atoms with van der Waals surface area (Å²) in [5.74, 6) is -5.08. The van der Waals surface area contributed by atoms with Crippen molar-refractivity contribution in [1.82, 2.24) is 0 Å². The van der Waals surface area contributed by atoms with Crippen molar-refractivity contribution in [2.24, 2.45) is 0 Å². The van der Waals surface area contributed by atoms with E-state index in [1.165, 1.54) is 0 Å². The third-order valence-corrected chi connectivity index (χ3v) is 14.3. The zero-order chi connectivity index (χ0) is 42.9. The van der Waals surface area contributed by atoms with E-state index < -0.39 is 117 Å². The second-order valence-electron chi connectivity index (χ2n) is 14.9. The summed E-state index contributed by atoms with van der Waals surface area (Å²) in [4.78, 5) is 74.5. The van der Waals surface area contributed by atoms with E-state index in [4.69, 9.17) is 47.1 Å². The molecule has 0 aromatic heterocycles. The maximum atomic E-state index is 12.8. The van der Waals surface area contributed by atoms with E-state index in [9.17, 15) is 33.9 Å². The van der Waals surface area contributed by atoms with E-state index in [2.05, 4.69) is 0 Å². The first kappa shape index (κ1) is 46.0. The number of rotatable bonds is 14. The van der Waals surface area contributed by atoms with E-state index in [1.807, 2.05) is 81.4 Å². The molecule has 2 saturated heterocycles. The molecule has 2 aromatic carbocycles. The minimum atomic E-state index is -3.28. The largest absolute Gasteiger partial charge is 0.463 e. The number of ether oxygens (including phenoxy) is 9. The van der Waals surface area contributed by atoms with Crippen LogP contribution in [-0.4, -0.2) is 124 Å². The fourth-order valence-corrected chi connectivity index (χ4v) is 11.8. The lowest BCUT2D eigenvalue weighted by Crippen LogP contribution is -2.69. The third-order valence-electron chi connectivity index (χ3n) is 9.33. The van der Waals surface area contributed by atoms with Crippen LogP contribution in [0.1, 0.15) is 62.3 Å². The van der Waals surface area contributed by atoms with Gasteiger partial charge in [-0.15, -0.1) is 0 Å². The predicted octanol–water partition coefficient (Wildman–Crippen LogP) is 1.61. The van der Waals surface area contributed by atoms with E-state index in [1.54, 1.807) is 0 Å². The molecule has 0 aliphatic carbocycles. The van der Waals surface area contributed by atoms with Gasteiger partial charge in [-0.1, -0.05) is 81.4 Å². The van der Waals surface area contributed by atoms with Crippen molar-refractivity contribution in [2.45, 2.75) is 129 Å². The normalized spacial score (nSPS) is 27.3. The molecule has 0 spiro atoms. The van der Waals surface area contributed by atoms with Crippen molar-refractivity contribution in [3.63, 3.8) is 0 Å². The van der Waals surface area contributed by atoms with Crippen molar-refractivity contribution in [3.8, 4) is 0 Å². The summed E-state index contributed by atoms with van der Waals surface area (Å²) in [5.41, 5.74) is 0. The maximum absolute atomic E-state index is 12.8. The Kier molecular flexibility index (Phi) is 15.7. The first-order valence-corrected chi connectivity index (χ1v) is 20.5. The molecule has 0 unspecified atom stereocenters. The average Bonchev–Trinajstić information content (AvgIpc) is 3.12. The van der Waals surface area contributed by atoms with Crippen LogP contribution in [0, 0.1) is 0 Å². The third kappa shape index (κ3) is 11.3. The highest BCUT2D eigenvalue weighted by molar-refractivity contribution is 6.99. The van der Waals surface area contributed by atoms with Crippen molar-refractivity contribution < 1.29 is 80.9 Å². The molecule has 2 aromatic rings. The quantitative estimate of drug-likeness (QED) is 0.163. The Morgan fingerprint density at radius 3 is 1.41 bits per heavy atom. The molecule has 2 fully saturated rings. The van der Waals surface area contributed by atoms with E-state index in [0.717, 1.165) is 51.9 Å². The molecule has 0 amide bonds. The first-order valence-electron chi connectivity index (χ1n) is 18.6. The van der Waals surface area contributed by atoms with Gasteiger partial charge in [0.15, 0.2) is 43.1 Å². The van der Waals surface area contributed by atoms with Crippen LogP contribution in [0.3, 0.4) is 0 Å². The molecule has 0 bridgehead atoms. The summed E-state index contributed by atoms with van der Waals surface area (Å²) in [6.07, 6.45) is -16.2. The summed E-state index contributed by atoms with van der Waals surface area (Å²) in [7, 11) is -3.28. The van der Waals surface area contributed by atoms with Crippen LogP contribution in [0.25, 0.3) is 0 Å². The van der Waals surface area contributed by atoms with Crippen molar-refractivity contribution in [2.75, 3.05) is 13.2 Å². The molecule has 4 rings (SSSR count). The number of hydrogen-bond acceptors (Lipinski definition) is 17. The molecule has 0 saturated carbocycles. The molecule has 0 radical (unpaired) electrons. The van der Waals surface area contributed by atoms with Gasteiger partial charge in [-0.3, -0.25) is 28.8 Å². The number of esters is 6. The minimum absolute atomic E-state index is 0.298. The van der Waals surface area contributed by atoms with Gasteiger partial charge < -0.3 is 52.2 Å². The highest BCUT2D eigenvalue weighted by atomic mass is 28.4. The van der Waals surface area contributed by atoms with Crippen LogP contribution in [0.15, 0.2) is 60.7 Å². The van der Waals surface area contributed by atoms with E-state index in [0.29, 0.717) is 0 Å². The van der Waals surface area contributed by atoms with Gasteiger partial charge in [-0.05, 0) is 15.4 Å². The van der Waals surface area contributed by atoms with Crippen molar-refractivity contribution >= 4 is 54.5 Å². The van der Waals surface area contributed by atoms with Crippen LogP contribution in [-0.2, 0) is 75.8 Å². The van der Waals surface area contributed by atoms with Gasteiger partial charge >= 0.3 is 35.8 Å². The first-order chi connectivity index (χ1) is 27.2. The van der Waals surface area contributed by atoms with Crippen LogP contribution < -0.4 is 10.4 Å². The van der Waals surface area contributed by atoms with Crippen molar-refractivity contribution in [1.29, 1.82) is 0 Å². The Morgan fingerprint density at radius 2 is 0.966 bits per heavy atom. The summed E-state index contributed by atoms with van der Waals surface area (Å²) in [6, 6.07) is 19.3. The number of carbonyl (C=O) groups excluding carboxylic acids is 6. The molecular formula is C40H52O17Si. The van der Waals surface area contributed by atoms with Gasteiger partial charge in [0.2, 0.25) is 0 Å². The zero-order valence-corrected chi connectivity index (χ0v) is 34.9. The molecule has 318 valence electrons. The standard InChI is InChI=1S/C40H52O17Si/c1-22(41)48-20-30-32(50-23(2)42)35(52-25(4)44)37(54-27(6)46)39(56-30)57-34-33(51-24(3)43)31(55-38(47)36(34)53-26(5)45)21-49-58(40(7,8)9,28-16-12-10-13-17-28)29-18-14-11-15-19-29/h10-19,30-39,47H,20-21H2,1-9H3/t30-,31-,32-,33-,34+,35+,36-,37-,38+,39+/m1/s1. The van der Waals surface area contributed by atoms with Gasteiger partial charge in [0.1, 0.15) is 24.9 Å². The molecule has 2 aliphatic rings. The maximum Gasteiger partial charge on any atom is 0.303 e. The number of benzene rings is 2. The highest BCUT2D eigenvalue weighted by Crippen LogP contribution is 2.39. The summed E-state index contributed by atoms with van der Waals surface area (Å²) < 4.78 is 58.7. The molecule has 18 heteroatoms. The van der Waals surface area contributed by atoms with Crippen LogP contribution in [0.2, 0.25) is 5.04 Å². The molecule has 2 aliphatic heterocycles. The second-order valence-corrected chi connectivity index (χ2v) is 19.2. The summed E-state index contributed by atoms with van der Waals surface area (Å²) >= 11 is 0. The Hall–Kier alpha value is -4.72. The lowest BCUT2D eigenvalue weighted by Gasteiger charge is -2.49. The minimum Gasteiger partial charge on any atom is -0.463 e. The molecule has 10 atom stereocenters. The highest BCUT2D eigenvalue weighted by Gasteiger charge is 2.58. The number of hydrogen-bond donors (Lipinski definition) is 1. The fourth-order valence-electron chi connectivity index (χ4n) is 7.26. The average molecular weight is 833 g/mol. The fraction of sp³-hybridized carbons (Fsp3) is 0.550. The topological polar surface area (TPSA) is 215 Å². The van der Waals surface area contributed by atoms with Gasteiger partial charge in [-0.25, -0.2) is 0 Å². The van der Waals surface area contributed by atoms with Gasteiger partial charge in [0, 0.05) is 41.5 Å². The number of aliphatic hydroxyl groups excluding tert-OH is 1. The predicted molar refractivity (Wildman–Crippen MR) is 202 cm³/mol. The monoisotopic (exact) mass is 832 g/mol. The lowest BCUT2D eigenvalue weighted by atomic mass is 9.96. The van der Waals surface area contributed by atoms with Gasteiger partial charge in [-0.2, -0.15) is 0 Å². The lowest BCUT2D eigenvalue weighted by molar-refractivity contribution is -0.357. The molecule has 2 heterocycles.